The monoisotopic (exact) mass is 199 g/mol. The quantitative estimate of drug-likeness (QED) is 0.331. The van der Waals surface area contributed by atoms with Crippen LogP contribution in [0.3, 0.4) is 0 Å². The van der Waals surface area contributed by atoms with Crippen molar-refractivity contribution >= 4 is 35.4 Å². The van der Waals surface area contributed by atoms with Gasteiger partial charge in [0.05, 0.1) is 6.07 Å². The first-order valence-electron chi connectivity index (χ1n) is 2.08. The van der Waals surface area contributed by atoms with Gasteiger partial charge in [-0.1, -0.05) is 0 Å². The van der Waals surface area contributed by atoms with E-state index in [2.05, 4.69) is 25.3 Å². The molecule has 0 saturated carbocycles. The fourth-order valence-electron chi connectivity index (χ4n) is 0.287. The molecule has 0 spiro atoms. The van der Waals surface area contributed by atoms with Gasteiger partial charge < -0.3 is 0 Å². The lowest BCUT2D eigenvalue weighted by molar-refractivity contribution is 0.483. The Kier molecular flexibility index (Phi) is 3.03. The van der Waals surface area contributed by atoms with Crippen molar-refractivity contribution < 1.29 is 13.0 Å². The molecule has 0 aromatic heterocycles. The highest BCUT2D eigenvalue weighted by molar-refractivity contribution is 8.02. The molecule has 4 nitrogen and oxygen atoms in total. The van der Waals surface area contributed by atoms with Gasteiger partial charge in [0.25, 0.3) is 10.1 Å². The van der Waals surface area contributed by atoms with E-state index in [1.54, 1.807) is 0 Å². The summed E-state index contributed by atoms with van der Waals surface area (Å²) in [6.07, 6.45) is 0. The predicted octanol–water partition coefficient (Wildman–Crippen LogP) is -0.0463. The molecule has 7 heteroatoms. The summed E-state index contributed by atoms with van der Waals surface area (Å²) in [5.74, 6) is -0.789. The van der Waals surface area contributed by atoms with Gasteiger partial charge in [-0.05, 0) is 0 Å². The molecule has 0 saturated heterocycles. The second kappa shape index (κ2) is 3.00. The minimum atomic E-state index is -4.17. The molecule has 0 aliphatic heterocycles. The molecule has 0 atom stereocenters. The Morgan fingerprint density at radius 1 is 1.60 bits per heavy atom. The first-order chi connectivity index (χ1) is 4.27. The molecule has 0 amide bonds. The Bertz CT molecular complexity index is 249. The van der Waals surface area contributed by atoms with Gasteiger partial charge in [0.1, 0.15) is 5.75 Å². The van der Waals surface area contributed by atoms with Crippen LogP contribution in [0.5, 0.6) is 0 Å². The van der Waals surface area contributed by atoms with Crippen LogP contribution in [0.2, 0.25) is 0 Å². The summed E-state index contributed by atoms with van der Waals surface area (Å²) in [4.78, 5) is 0. The Labute approximate surface area is 69.8 Å². The second-order valence-electron chi connectivity index (χ2n) is 1.65. The normalized spacial score (nSPS) is 12.6. The lowest BCUT2D eigenvalue weighted by Crippen LogP contribution is -2.23. The summed E-state index contributed by atoms with van der Waals surface area (Å²) < 4.78 is 26.8. The highest BCUT2D eigenvalue weighted by Gasteiger charge is 2.26. The van der Waals surface area contributed by atoms with E-state index in [0.29, 0.717) is 0 Å². The van der Waals surface area contributed by atoms with Gasteiger partial charge in [-0.25, -0.2) is 0 Å². The summed E-state index contributed by atoms with van der Waals surface area (Å²) in [5, 5.41) is 8.18. The van der Waals surface area contributed by atoms with Crippen molar-refractivity contribution in [2.75, 3.05) is 5.75 Å². The van der Waals surface area contributed by atoms with Crippen molar-refractivity contribution in [3.63, 3.8) is 0 Å². The zero-order valence-corrected chi connectivity index (χ0v) is 7.33. The third-order valence-electron chi connectivity index (χ3n) is 0.563. The fourth-order valence-corrected chi connectivity index (χ4v) is 1.84. The van der Waals surface area contributed by atoms with E-state index in [9.17, 15) is 8.42 Å². The number of thiol groups is 2. The highest BCUT2D eigenvalue weighted by atomic mass is 32.2. The van der Waals surface area contributed by atoms with E-state index in [-0.39, 0.29) is 0 Å². The van der Waals surface area contributed by atoms with Crippen LogP contribution in [0.1, 0.15) is 0 Å². The van der Waals surface area contributed by atoms with E-state index in [4.69, 9.17) is 9.81 Å². The van der Waals surface area contributed by atoms with E-state index in [0.717, 1.165) is 0 Å². The van der Waals surface area contributed by atoms with E-state index in [1.807, 2.05) is 0 Å². The number of nitrogens with zero attached hydrogens (tertiary/aromatic N) is 1. The maximum absolute atomic E-state index is 10.1. The van der Waals surface area contributed by atoms with Crippen molar-refractivity contribution in [1.29, 1.82) is 5.26 Å². The Balaban J connectivity index is 4.35. The summed E-state index contributed by atoms with van der Waals surface area (Å²) in [7, 11) is -4.17. The molecule has 0 fully saturated rings. The van der Waals surface area contributed by atoms with Gasteiger partial charge in [0.2, 0.25) is 0 Å². The number of nitriles is 1. The third kappa shape index (κ3) is 4.93. The van der Waals surface area contributed by atoms with Gasteiger partial charge in [0, 0.05) is 0 Å². The molecular weight excluding hydrogens is 194 g/mol. The van der Waals surface area contributed by atoms with Crippen LogP contribution < -0.4 is 0 Å². The number of hydrogen-bond acceptors (Lipinski definition) is 5. The largest absolute Gasteiger partial charge is 0.285 e. The highest BCUT2D eigenvalue weighted by Crippen LogP contribution is 2.19. The molecule has 0 aromatic rings. The zero-order chi connectivity index (χ0) is 8.41. The van der Waals surface area contributed by atoms with Crippen molar-refractivity contribution in [3.05, 3.63) is 0 Å². The van der Waals surface area contributed by atoms with Crippen LogP contribution in [0.15, 0.2) is 0 Å². The molecule has 0 bridgehead atoms. The maximum atomic E-state index is 10.1. The predicted molar refractivity (Wildman–Crippen MR) is 42.7 cm³/mol. The summed E-state index contributed by atoms with van der Waals surface area (Å²) in [6, 6.07) is 1.49. The Morgan fingerprint density at radius 3 is 2.10 bits per heavy atom. The average Bonchev–Trinajstić information content (AvgIpc) is 1.60. The van der Waals surface area contributed by atoms with Crippen LogP contribution in [0, 0.1) is 11.3 Å². The third-order valence-corrected chi connectivity index (χ3v) is 2.30. The minimum Gasteiger partial charge on any atom is -0.285 e. The fraction of sp³-hybridized carbons (Fsp3) is 0.667. The van der Waals surface area contributed by atoms with E-state index >= 15 is 0 Å². The maximum Gasteiger partial charge on any atom is 0.268 e. The van der Waals surface area contributed by atoms with Crippen LogP contribution in [0.4, 0.5) is 0 Å². The topological polar surface area (TPSA) is 78.2 Å². The molecule has 0 aromatic carbocycles. The van der Waals surface area contributed by atoms with E-state index < -0.39 is 20.0 Å². The Hall–Kier alpha value is 0.1000. The second-order valence-corrected chi connectivity index (χ2v) is 4.99. The lowest BCUT2D eigenvalue weighted by Gasteiger charge is -2.08. The van der Waals surface area contributed by atoms with Gasteiger partial charge in [-0.2, -0.15) is 13.7 Å². The van der Waals surface area contributed by atoms with Crippen LogP contribution >= 0.6 is 25.3 Å². The van der Waals surface area contributed by atoms with E-state index in [1.165, 1.54) is 6.07 Å². The molecule has 0 unspecified atom stereocenters. The van der Waals surface area contributed by atoms with Crippen molar-refractivity contribution in [2.24, 2.45) is 0 Å². The number of hydrogen-bond donors (Lipinski definition) is 3. The molecule has 0 aliphatic rings. The summed E-state index contributed by atoms with van der Waals surface area (Å²) >= 11 is 7.09. The average molecular weight is 199 g/mol. The van der Waals surface area contributed by atoms with Crippen LogP contribution in [0.25, 0.3) is 0 Å². The first-order valence-corrected chi connectivity index (χ1v) is 4.58. The molecule has 58 valence electrons. The van der Waals surface area contributed by atoms with Gasteiger partial charge in [-0.15, -0.1) is 25.3 Å². The molecule has 10 heavy (non-hydrogen) atoms. The first kappa shape index (κ1) is 10.1. The molecule has 1 N–H and O–H groups in total. The number of rotatable bonds is 2. The minimum absolute atomic E-state index is 0.789. The van der Waals surface area contributed by atoms with Crippen molar-refractivity contribution in [1.82, 2.24) is 0 Å². The SMILES string of the molecule is N#CC(S)(S)CS(=O)(=O)O. The summed E-state index contributed by atoms with van der Waals surface area (Å²) in [6.45, 7) is 0. The van der Waals surface area contributed by atoms with Crippen molar-refractivity contribution in [2.45, 2.75) is 4.08 Å². The van der Waals surface area contributed by atoms with Crippen LogP contribution in [-0.2, 0) is 10.1 Å². The van der Waals surface area contributed by atoms with Gasteiger partial charge in [-0.3, -0.25) is 4.55 Å². The molecular formula is C3H5NO3S3. The molecule has 0 rings (SSSR count). The molecule has 0 radical (unpaired) electrons. The standard InChI is InChI=1S/C3H5NO3S3/c4-1-3(8,9)2-10(5,6)7/h8-9H,2H2,(H,5,6,7). The Morgan fingerprint density at radius 2 is 2.00 bits per heavy atom. The van der Waals surface area contributed by atoms with Crippen molar-refractivity contribution in [3.8, 4) is 6.07 Å². The summed E-state index contributed by atoms with van der Waals surface area (Å²) in [5.41, 5.74) is 0. The lowest BCUT2D eigenvalue weighted by atomic mass is 10.5. The van der Waals surface area contributed by atoms with Gasteiger partial charge >= 0.3 is 0 Å². The smallest absolute Gasteiger partial charge is 0.268 e. The molecule has 0 aliphatic carbocycles. The van der Waals surface area contributed by atoms with Crippen LogP contribution in [-0.4, -0.2) is 22.8 Å². The molecule has 0 heterocycles. The van der Waals surface area contributed by atoms with Gasteiger partial charge in [0.15, 0.2) is 4.08 Å². The zero-order valence-electron chi connectivity index (χ0n) is 4.72.